The van der Waals surface area contributed by atoms with E-state index in [0.717, 1.165) is 36.0 Å². The Morgan fingerprint density at radius 3 is 2.67 bits per heavy atom. The number of carbonyl (C=O) groups excluding carboxylic acids is 2. The van der Waals surface area contributed by atoms with E-state index in [-0.39, 0.29) is 11.8 Å². The molecule has 1 aliphatic carbocycles. The van der Waals surface area contributed by atoms with Crippen LogP contribution in [-0.2, 0) is 4.79 Å². The van der Waals surface area contributed by atoms with Gasteiger partial charge >= 0.3 is 0 Å². The number of aromatic nitrogens is 1. The molecule has 27 heavy (non-hydrogen) atoms. The van der Waals surface area contributed by atoms with Crippen LogP contribution in [0.25, 0.3) is 10.9 Å². The van der Waals surface area contributed by atoms with Crippen LogP contribution >= 0.6 is 0 Å². The van der Waals surface area contributed by atoms with E-state index in [1.54, 1.807) is 0 Å². The van der Waals surface area contributed by atoms with Crippen molar-refractivity contribution in [2.24, 2.45) is 11.7 Å². The number of hydrogen-bond donors (Lipinski definition) is 1. The Labute approximate surface area is 159 Å². The summed E-state index contributed by atoms with van der Waals surface area (Å²) in [5.41, 5.74) is 7.76. The van der Waals surface area contributed by atoms with Gasteiger partial charge < -0.3 is 10.6 Å². The van der Waals surface area contributed by atoms with E-state index in [1.165, 1.54) is 25.7 Å². The number of benzene rings is 1. The molecule has 4 rings (SSSR count). The quantitative estimate of drug-likeness (QED) is 0.899. The molecule has 0 spiro atoms. The number of primary amides is 1. The number of nitrogens with zero attached hydrogens (tertiary/aromatic N) is 2. The molecule has 5 nitrogen and oxygen atoms in total. The van der Waals surface area contributed by atoms with Gasteiger partial charge in [0.05, 0.1) is 16.8 Å². The first-order chi connectivity index (χ1) is 13.1. The van der Waals surface area contributed by atoms with Crippen molar-refractivity contribution in [2.45, 2.75) is 50.9 Å². The van der Waals surface area contributed by atoms with Crippen molar-refractivity contribution in [3.05, 3.63) is 41.6 Å². The molecule has 2 amide bonds. The van der Waals surface area contributed by atoms with Crippen molar-refractivity contribution >= 4 is 22.7 Å². The summed E-state index contributed by atoms with van der Waals surface area (Å²) in [6.45, 7) is 1.44. The number of likely N-dealkylation sites (tertiary alicyclic amines) is 1. The molecule has 2 N–H and O–H groups in total. The lowest BCUT2D eigenvalue weighted by Crippen LogP contribution is -2.40. The number of carbonyl (C=O) groups is 2. The second-order valence-corrected chi connectivity index (χ2v) is 8.01. The highest BCUT2D eigenvalue weighted by Crippen LogP contribution is 2.32. The van der Waals surface area contributed by atoms with Gasteiger partial charge in [-0.1, -0.05) is 31.0 Å². The number of hydrogen-bond acceptors (Lipinski definition) is 3. The molecular formula is C22H27N3O2. The molecule has 2 aromatic rings. The molecule has 1 saturated heterocycles. The van der Waals surface area contributed by atoms with Crippen LogP contribution in [-0.4, -0.2) is 34.8 Å². The predicted octanol–water partition coefficient (Wildman–Crippen LogP) is 3.62. The van der Waals surface area contributed by atoms with Gasteiger partial charge in [-0.2, -0.15) is 0 Å². The molecule has 1 saturated carbocycles. The smallest absolute Gasteiger partial charge is 0.250 e. The molecule has 5 heteroatoms. The Morgan fingerprint density at radius 1 is 1.11 bits per heavy atom. The number of pyridine rings is 1. The Hall–Kier alpha value is -2.43. The Kier molecular flexibility index (Phi) is 5.10. The predicted molar refractivity (Wildman–Crippen MR) is 105 cm³/mol. The minimum absolute atomic E-state index is 0.0679. The first kappa shape index (κ1) is 18.0. The summed E-state index contributed by atoms with van der Waals surface area (Å²) in [5, 5.41) is 0.917. The third-order valence-electron chi connectivity index (χ3n) is 6.12. The number of amides is 2. The van der Waals surface area contributed by atoms with Crippen LogP contribution in [0.3, 0.4) is 0 Å². The molecular weight excluding hydrogens is 338 g/mol. The standard InChI is InChI=1S/C22H27N3O2/c23-22(27)18-13-16-8-3-4-10-19(16)24-21(18)17-9-5-11-25(14-17)20(26)12-15-6-1-2-7-15/h3-4,8,10,13,15,17H,1-2,5-7,9,11-12,14H2,(H2,23,27). The molecule has 2 fully saturated rings. The number of rotatable bonds is 4. The lowest BCUT2D eigenvalue weighted by atomic mass is 9.90. The van der Waals surface area contributed by atoms with E-state index in [0.29, 0.717) is 24.4 Å². The zero-order valence-corrected chi connectivity index (χ0v) is 15.7. The molecule has 1 aromatic heterocycles. The average molecular weight is 365 g/mol. The SMILES string of the molecule is NC(=O)c1cc2ccccc2nc1C1CCCN(C(=O)CC2CCCC2)C1. The maximum absolute atomic E-state index is 12.8. The van der Waals surface area contributed by atoms with Crippen LogP contribution in [0.2, 0.25) is 0 Å². The van der Waals surface area contributed by atoms with Crippen molar-refractivity contribution < 1.29 is 9.59 Å². The number of para-hydroxylation sites is 1. The fourth-order valence-corrected chi connectivity index (χ4v) is 4.66. The second kappa shape index (κ2) is 7.67. The maximum atomic E-state index is 12.8. The third-order valence-corrected chi connectivity index (χ3v) is 6.12. The van der Waals surface area contributed by atoms with Crippen molar-refractivity contribution in [1.82, 2.24) is 9.88 Å². The van der Waals surface area contributed by atoms with Gasteiger partial charge in [-0.25, -0.2) is 0 Å². The fraction of sp³-hybridized carbons (Fsp3) is 0.500. The summed E-state index contributed by atoms with van der Waals surface area (Å²) in [6.07, 6.45) is 7.41. The van der Waals surface area contributed by atoms with E-state index < -0.39 is 5.91 Å². The largest absolute Gasteiger partial charge is 0.366 e. The molecule has 2 heterocycles. The number of fused-ring (bicyclic) bond motifs is 1. The van der Waals surface area contributed by atoms with Gasteiger partial charge in [0.1, 0.15) is 0 Å². The van der Waals surface area contributed by atoms with Crippen molar-refractivity contribution in [3.63, 3.8) is 0 Å². The summed E-state index contributed by atoms with van der Waals surface area (Å²) in [4.78, 5) is 31.6. The minimum atomic E-state index is -0.447. The van der Waals surface area contributed by atoms with Gasteiger partial charge in [-0.05, 0) is 43.7 Å². The zero-order chi connectivity index (χ0) is 18.8. The summed E-state index contributed by atoms with van der Waals surface area (Å²) >= 11 is 0. The Balaban J connectivity index is 1.57. The van der Waals surface area contributed by atoms with Crippen LogP contribution < -0.4 is 5.73 Å². The zero-order valence-electron chi connectivity index (χ0n) is 15.7. The summed E-state index contributed by atoms with van der Waals surface area (Å²) < 4.78 is 0. The van der Waals surface area contributed by atoms with Gasteiger partial charge in [0.25, 0.3) is 5.91 Å². The highest BCUT2D eigenvalue weighted by Gasteiger charge is 2.30. The lowest BCUT2D eigenvalue weighted by molar-refractivity contribution is -0.133. The Morgan fingerprint density at radius 2 is 1.89 bits per heavy atom. The van der Waals surface area contributed by atoms with Gasteiger partial charge in [0, 0.05) is 30.8 Å². The van der Waals surface area contributed by atoms with Crippen molar-refractivity contribution in [3.8, 4) is 0 Å². The van der Waals surface area contributed by atoms with Gasteiger partial charge in [0.15, 0.2) is 0 Å². The third kappa shape index (κ3) is 3.82. The fourth-order valence-electron chi connectivity index (χ4n) is 4.66. The number of nitrogens with two attached hydrogens (primary N) is 1. The first-order valence-electron chi connectivity index (χ1n) is 10.1. The first-order valence-corrected chi connectivity index (χ1v) is 10.1. The molecule has 0 bridgehead atoms. The van der Waals surface area contributed by atoms with Crippen LogP contribution in [0.5, 0.6) is 0 Å². The average Bonchev–Trinajstić information content (AvgIpc) is 3.20. The van der Waals surface area contributed by atoms with E-state index >= 15 is 0 Å². The molecule has 1 aromatic carbocycles. The summed E-state index contributed by atoms with van der Waals surface area (Å²) in [6, 6.07) is 9.62. The molecule has 1 aliphatic heterocycles. The van der Waals surface area contributed by atoms with Gasteiger partial charge in [0.2, 0.25) is 5.91 Å². The maximum Gasteiger partial charge on any atom is 0.250 e. The van der Waals surface area contributed by atoms with Crippen LogP contribution in [0.1, 0.15) is 66.9 Å². The van der Waals surface area contributed by atoms with Crippen LogP contribution in [0.4, 0.5) is 0 Å². The van der Waals surface area contributed by atoms with E-state index in [9.17, 15) is 9.59 Å². The molecule has 1 unspecified atom stereocenters. The van der Waals surface area contributed by atoms with Gasteiger partial charge in [-0.3, -0.25) is 14.6 Å². The molecule has 142 valence electrons. The second-order valence-electron chi connectivity index (χ2n) is 8.01. The van der Waals surface area contributed by atoms with Crippen molar-refractivity contribution in [2.75, 3.05) is 13.1 Å². The van der Waals surface area contributed by atoms with E-state index in [2.05, 4.69) is 0 Å². The normalized spacial score (nSPS) is 20.9. The van der Waals surface area contributed by atoms with Crippen LogP contribution in [0, 0.1) is 5.92 Å². The lowest BCUT2D eigenvalue weighted by Gasteiger charge is -2.33. The van der Waals surface area contributed by atoms with Crippen LogP contribution in [0.15, 0.2) is 30.3 Å². The monoisotopic (exact) mass is 365 g/mol. The number of piperidine rings is 1. The minimum Gasteiger partial charge on any atom is -0.366 e. The van der Waals surface area contributed by atoms with Gasteiger partial charge in [-0.15, -0.1) is 0 Å². The van der Waals surface area contributed by atoms with E-state index in [4.69, 9.17) is 10.7 Å². The van der Waals surface area contributed by atoms with E-state index in [1.807, 2.05) is 35.2 Å². The van der Waals surface area contributed by atoms with Crippen molar-refractivity contribution in [1.29, 1.82) is 0 Å². The molecule has 2 aliphatic rings. The molecule has 1 atom stereocenters. The molecule has 0 radical (unpaired) electrons. The Bertz CT molecular complexity index is 858. The highest BCUT2D eigenvalue weighted by atomic mass is 16.2. The summed E-state index contributed by atoms with van der Waals surface area (Å²) in [7, 11) is 0. The highest BCUT2D eigenvalue weighted by molar-refractivity contribution is 5.97. The summed E-state index contributed by atoms with van der Waals surface area (Å²) in [5.74, 6) is 0.432. The topological polar surface area (TPSA) is 76.3 Å².